The van der Waals surface area contributed by atoms with E-state index in [1.54, 1.807) is 19.2 Å². The van der Waals surface area contributed by atoms with Gasteiger partial charge in [0.05, 0.1) is 17.1 Å². The number of aliphatic imine (C=N–C) groups is 1. The van der Waals surface area contributed by atoms with Crippen LogP contribution in [0.15, 0.2) is 38.6 Å². The van der Waals surface area contributed by atoms with E-state index in [9.17, 15) is 8.42 Å². The molecule has 0 aliphatic carbocycles. The monoisotopic (exact) mass is 364 g/mol. The van der Waals surface area contributed by atoms with E-state index in [1.807, 2.05) is 26.0 Å². The standard InChI is InChI=1S/C17H24N4O3S/c1-12-13(2)24-16(21-12)11-20-17(18-3)19-10-9-14-5-7-15(8-6-14)25(4,22)23/h5-8H,9-11H2,1-4H3,(H2,18,19,20). The van der Waals surface area contributed by atoms with Crippen LogP contribution in [0.2, 0.25) is 0 Å². The second-order valence-corrected chi connectivity index (χ2v) is 7.78. The van der Waals surface area contributed by atoms with E-state index in [1.165, 1.54) is 6.26 Å². The van der Waals surface area contributed by atoms with Gasteiger partial charge in [-0.05, 0) is 38.0 Å². The zero-order chi connectivity index (χ0) is 18.4. The van der Waals surface area contributed by atoms with Gasteiger partial charge < -0.3 is 15.1 Å². The number of oxazole rings is 1. The number of benzene rings is 1. The Morgan fingerprint density at radius 1 is 1.20 bits per heavy atom. The van der Waals surface area contributed by atoms with Crippen LogP contribution in [0.4, 0.5) is 0 Å². The first-order valence-corrected chi connectivity index (χ1v) is 9.85. The molecule has 0 amide bonds. The van der Waals surface area contributed by atoms with Crippen molar-refractivity contribution in [2.45, 2.75) is 31.7 Å². The lowest BCUT2D eigenvalue weighted by Crippen LogP contribution is -2.37. The van der Waals surface area contributed by atoms with Crippen molar-refractivity contribution >= 4 is 15.8 Å². The van der Waals surface area contributed by atoms with Crippen molar-refractivity contribution in [3.05, 3.63) is 47.2 Å². The highest BCUT2D eigenvalue weighted by Gasteiger charge is 2.07. The third-order valence-electron chi connectivity index (χ3n) is 3.76. The maximum Gasteiger partial charge on any atom is 0.214 e. The number of hydrogen-bond donors (Lipinski definition) is 2. The molecule has 0 aliphatic rings. The molecule has 0 aliphatic heterocycles. The molecular formula is C17H24N4O3S. The maximum absolute atomic E-state index is 11.4. The van der Waals surface area contributed by atoms with Crippen LogP contribution in [0.5, 0.6) is 0 Å². The van der Waals surface area contributed by atoms with Gasteiger partial charge in [0.15, 0.2) is 15.8 Å². The molecule has 7 nitrogen and oxygen atoms in total. The second kappa shape index (κ2) is 8.15. The van der Waals surface area contributed by atoms with Gasteiger partial charge >= 0.3 is 0 Å². The number of nitrogens with one attached hydrogen (secondary N) is 2. The van der Waals surface area contributed by atoms with Gasteiger partial charge in [0.25, 0.3) is 0 Å². The summed E-state index contributed by atoms with van der Waals surface area (Å²) in [6.45, 7) is 4.91. The van der Waals surface area contributed by atoms with E-state index < -0.39 is 9.84 Å². The van der Waals surface area contributed by atoms with Crippen molar-refractivity contribution in [2.75, 3.05) is 19.8 Å². The lowest BCUT2D eigenvalue weighted by molar-refractivity contribution is 0.464. The van der Waals surface area contributed by atoms with Gasteiger partial charge in [0.2, 0.25) is 5.89 Å². The number of nitrogens with zero attached hydrogens (tertiary/aromatic N) is 2. The molecule has 0 atom stereocenters. The summed E-state index contributed by atoms with van der Waals surface area (Å²) in [5.41, 5.74) is 1.94. The molecule has 0 saturated heterocycles. The number of hydrogen-bond acceptors (Lipinski definition) is 5. The quantitative estimate of drug-likeness (QED) is 0.597. The average molecular weight is 364 g/mol. The molecule has 2 N–H and O–H groups in total. The summed E-state index contributed by atoms with van der Waals surface area (Å²) in [6, 6.07) is 6.91. The zero-order valence-corrected chi connectivity index (χ0v) is 15.8. The lowest BCUT2D eigenvalue weighted by Gasteiger charge is -2.10. The van der Waals surface area contributed by atoms with E-state index in [-0.39, 0.29) is 0 Å². The number of aryl methyl sites for hydroxylation is 2. The Morgan fingerprint density at radius 3 is 2.40 bits per heavy atom. The van der Waals surface area contributed by atoms with E-state index in [0.717, 1.165) is 23.4 Å². The van der Waals surface area contributed by atoms with Crippen molar-refractivity contribution < 1.29 is 12.8 Å². The maximum atomic E-state index is 11.4. The smallest absolute Gasteiger partial charge is 0.214 e. The summed E-state index contributed by atoms with van der Waals surface area (Å²) in [7, 11) is -1.46. The molecule has 1 aromatic carbocycles. The predicted molar refractivity (Wildman–Crippen MR) is 97.4 cm³/mol. The fraction of sp³-hybridized carbons (Fsp3) is 0.412. The molecule has 0 bridgehead atoms. The molecule has 0 fully saturated rings. The minimum Gasteiger partial charge on any atom is -0.444 e. The average Bonchev–Trinajstić information content (AvgIpc) is 2.88. The van der Waals surface area contributed by atoms with Crippen molar-refractivity contribution in [3.63, 3.8) is 0 Å². The van der Waals surface area contributed by atoms with Gasteiger partial charge in [0.1, 0.15) is 5.76 Å². The SMILES string of the molecule is CN=C(NCCc1ccc(S(C)(=O)=O)cc1)NCc1nc(C)c(C)o1. The van der Waals surface area contributed by atoms with Crippen molar-refractivity contribution in [2.24, 2.45) is 4.99 Å². The van der Waals surface area contributed by atoms with Crippen LogP contribution in [0.3, 0.4) is 0 Å². The molecule has 0 saturated carbocycles. The summed E-state index contributed by atoms with van der Waals surface area (Å²) in [4.78, 5) is 8.80. The zero-order valence-electron chi connectivity index (χ0n) is 15.0. The van der Waals surface area contributed by atoms with E-state index >= 15 is 0 Å². The minimum atomic E-state index is -3.15. The highest BCUT2D eigenvalue weighted by atomic mass is 32.2. The predicted octanol–water partition coefficient (Wildman–Crippen LogP) is 1.60. The van der Waals surface area contributed by atoms with Gasteiger partial charge in [-0.2, -0.15) is 0 Å². The van der Waals surface area contributed by atoms with Gasteiger partial charge in [-0.1, -0.05) is 12.1 Å². The van der Waals surface area contributed by atoms with Crippen LogP contribution < -0.4 is 10.6 Å². The number of rotatable bonds is 6. The Morgan fingerprint density at radius 2 is 1.88 bits per heavy atom. The fourth-order valence-corrected chi connectivity index (χ4v) is 2.85. The van der Waals surface area contributed by atoms with Crippen LogP contribution in [-0.4, -0.2) is 39.2 Å². The summed E-state index contributed by atoms with van der Waals surface area (Å²) in [6.07, 6.45) is 1.96. The molecular weight excluding hydrogens is 340 g/mol. The molecule has 136 valence electrons. The third kappa shape index (κ3) is 5.60. The minimum absolute atomic E-state index is 0.332. The molecule has 0 spiro atoms. The van der Waals surface area contributed by atoms with Crippen LogP contribution >= 0.6 is 0 Å². The topological polar surface area (TPSA) is 96.6 Å². The summed E-state index contributed by atoms with van der Waals surface area (Å²) >= 11 is 0. The molecule has 0 radical (unpaired) electrons. The highest BCUT2D eigenvalue weighted by molar-refractivity contribution is 7.90. The fourth-order valence-electron chi connectivity index (χ4n) is 2.22. The molecule has 2 rings (SSSR count). The lowest BCUT2D eigenvalue weighted by atomic mass is 10.1. The number of sulfone groups is 1. The Bertz CT molecular complexity index is 820. The second-order valence-electron chi connectivity index (χ2n) is 5.77. The van der Waals surface area contributed by atoms with Crippen LogP contribution in [0.1, 0.15) is 22.9 Å². The van der Waals surface area contributed by atoms with Crippen LogP contribution in [0, 0.1) is 13.8 Å². The van der Waals surface area contributed by atoms with Crippen molar-refractivity contribution in [1.29, 1.82) is 0 Å². The van der Waals surface area contributed by atoms with Gasteiger partial charge in [0, 0.05) is 19.8 Å². The first-order valence-electron chi connectivity index (χ1n) is 7.96. The summed E-state index contributed by atoms with van der Waals surface area (Å²) in [5, 5.41) is 6.35. The third-order valence-corrected chi connectivity index (χ3v) is 4.89. The van der Waals surface area contributed by atoms with Crippen molar-refractivity contribution in [1.82, 2.24) is 15.6 Å². The first-order chi connectivity index (χ1) is 11.8. The molecule has 0 unspecified atom stereocenters. The molecule has 1 heterocycles. The van der Waals surface area contributed by atoms with Gasteiger partial charge in [-0.3, -0.25) is 4.99 Å². The largest absolute Gasteiger partial charge is 0.444 e. The Kier molecular flexibility index (Phi) is 6.19. The van der Waals surface area contributed by atoms with Gasteiger partial charge in [-0.15, -0.1) is 0 Å². The Hall–Kier alpha value is -2.35. The van der Waals surface area contributed by atoms with E-state index in [0.29, 0.717) is 29.8 Å². The number of guanidine groups is 1. The molecule has 2 aromatic rings. The number of aromatic nitrogens is 1. The Labute approximate surface area is 148 Å². The van der Waals surface area contributed by atoms with Crippen molar-refractivity contribution in [3.8, 4) is 0 Å². The molecule has 8 heteroatoms. The van der Waals surface area contributed by atoms with Gasteiger partial charge in [-0.25, -0.2) is 13.4 Å². The first kappa shape index (κ1) is 19.0. The summed E-state index contributed by atoms with van der Waals surface area (Å²) < 4.78 is 28.4. The van der Waals surface area contributed by atoms with Crippen LogP contribution in [0.25, 0.3) is 0 Å². The molecule has 25 heavy (non-hydrogen) atoms. The van der Waals surface area contributed by atoms with E-state index in [2.05, 4.69) is 20.6 Å². The van der Waals surface area contributed by atoms with Crippen LogP contribution in [-0.2, 0) is 22.8 Å². The highest BCUT2D eigenvalue weighted by Crippen LogP contribution is 2.10. The molecule has 1 aromatic heterocycles. The summed E-state index contributed by atoms with van der Waals surface area (Å²) in [5.74, 6) is 2.09. The Balaban J connectivity index is 1.81. The van der Waals surface area contributed by atoms with E-state index in [4.69, 9.17) is 4.42 Å². The normalized spacial score (nSPS) is 12.2.